The summed E-state index contributed by atoms with van der Waals surface area (Å²) in [5.74, 6) is -0.0726. The molecule has 0 atom stereocenters. The molecule has 0 radical (unpaired) electrons. The summed E-state index contributed by atoms with van der Waals surface area (Å²) in [4.78, 5) is 21.4. The molecular weight excluding hydrogens is 308 g/mol. The molecule has 0 aliphatic carbocycles. The number of aryl methyl sites for hydroxylation is 1. The number of cyclic esters (lactones) is 1. The summed E-state index contributed by atoms with van der Waals surface area (Å²) < 4.78 is 5.30. The van der Waals surface area contributed by atoms with Crippen LogP contribution >= 0.6 is 11.3 Å². The molecule has 0 bridgehead atoms. The van der Waals surface area contributed by atoms with Crippen LogP contribution in [0.25, 0.3) is 6.08 Å². The largest absolute Gasteiger partial charge is 0.402 e. The lowest BCUT2D eigenvalue weighted by molar-refractivity contribution is -0.129. The van der Waals surface area contributed by atoms with E-state index in [4.69, 9.17) is 4.74 Å². The van der Waals surface area contributed by atoms with Crippen LogP contribution in [0.15, 0.2) is 40.5 Å². The van der Waals surface area contributed by atoms with Crippen molar-refractivity contribution in [3.05, 3.63) is 57.2 Å². The van der Waals surface area contributed by atoms with Crippen molar-refractivity contribution < 1.29 is 9.53 Å². The number of thiazole rings is 1. The lowest BCUT2D eigenvalue weighted by Crippen LogP contribution is -2.11. The normalized spacial score (nSPS) is 16.6. The molecule has 0 amide bonds. The van der Waals surface area contributed by atoms with Crippen molar-refractivity contribution in [2.24, 2.45) is 4.99 Å². The molecule has 0 fully saturated rings. The number of hydrogen-bond acceptors (Lipinski definition) is 5. The van der Waals surface area contributed by atoms with Gasteiger partial charge in [0, 0.05) is 5.56 Å². The topological polar surface area (TPSA) is 51.6 Å². The van der Waals surface area contributed by atoms with E-state index >= 15 is 0 Å². The second-order valence-electron chi connectivity index (χ2n) is 6.47. The maximum atomic E-state index is 12.0. The fraction of sp³-hybridized carbons (Fsp3) is 0.278. The Bertz CT molecular complexity index is 808. The first-order valence-electron chi connectivity index (χ1n) is 7.38. The number of hydrogen-bond donors (Lipinski definition) is 0. The summed E-state index contributed by atoms with van der Waals surface area (Å²) in [6.45, 7) is 8.38. The number of carbonyl (C=O) groups is 1. The van der Waals surface area contributed by atoms with Crippen molar-refractivity contribution in [3.63, 3.8) is 0 Å². The molecule has 3 rings (SSSR count). The predicted molar refractivity (Wildman–Crippen MR) is 92.6 cm³/mol. The number of nitrogens with zero attached hydrogens (tertiary/aromatic N) is 2. The van der Waals surface area contributed by atoms with E-state index in [1.807, 2.05) is 31.2 Å². The van der Waals surface area contributed by atoms with Gasteiger partial charge >= 0.3 is 5.97 Å². The molecule has 118 valence electrons. The van der Waals surface area contributed by atoms with Gasteiger partial charge in [-0.15, -0.1) is 11.3 Å². The number of ether oxygens (including phenoxy) is 1. The minimum Gasteiger partial charge on any atom is -0.402 e. The zero-order valence-electron chi connectivity index (χ0n) is 13.6. The van der Waals surface area contributed by atoms with Crippen LogP contribution in [0.4, 0.5) is 0 Å². The van der Waals surface area contributed by atoms with Gasteiger partial charge in [-0.05, 0) is 36.1 Å². The van der Waals surface area contributed by atoms with Crippen LogP contribution in [0.3, 0.4) is 0 Å². The number of benzene rings is 1. The zero-order chi connectivity index (χ0) is 16.6. The summed E-state index contributed by atoms with van der Waals surface area (Å²) in [6, 6.07) is 7.96. The van der Waals surface area contributed by atoms with Crippen LogP contribution in [0.1, 0.15) is 42.5 Å². The first kappa shape index (κ1) is 15.6. The van der Waals surface area contributed by atoms with Gasteiger partial charge in [0.05, 0.1) is 16.1 Å². The smallest absolute Gasteiger partial charge is 0.363 e. The molecule has 2 heterocycles. The molecule has 23 heavy (non-hydrogen) atoms. The number of esters is 1. The zero-order valence-corrected chi connectivity index (χ0v) is 14.4. The lowest BCUT2D eigenvalue weighted by Gasteiger charge is -2.18. The van der Waals surface area contributed by atoms with E-state index in [0.717, 1.165) is 16.1 Å². The Morgan fingerprint density at radius 1 is 1.17 bits per heavy atom. The van der Waals surface area contributed by atoms with Crippen LogP contribution in [-0.2, 0) is 14.9 Å². The number of carbonyl (C=O) groups excluding carboxylic acids is 1. The molecule has 0 saturated heterocycles. The molecule has 0 saturated carbocycles. The highest BCUT2D eigenvalue weighted by Gasteiger charge is 2.25. The Labute approximate surface area is 139 Å². The van der Waals surface area contributed by atoms with Gasteiger partial charge in [0.2, 0.25) is 5.90 Å². The highest BCUT2D eigenvalue weighted by molar-refractivity contribution is 7.10. The van der Waals surface area contributed by atoms with E-state index in [9.17, 15) is 4.79 Å². The van der Waals surface area contributed by atoms with Crippen LogP contribution in [0, 0.1) is 6.92 Å². The van der Waals surface area contributed by atoms with Gasteiger partial charge in [-0.3, -0.25) is 0 Å². The highest BCUT2D eigenvalue weighted by atomic mass is 32.1. The van der Waals surface area contributed by atoms with Gasteiger partial charge in [-0.25, -0.2) is 14.8 Å². The second-order valence-corrected chi connectivity index (χ2v) is 7.35. The lowest BCUT2D eigenvalue weighted by atomic mass is 9.87. The third kappa shape index (κ3) is 3.24. The summed E-state index contributed by atoms with van der Waals surface area (Å²) >= 11 is 1.48. The van der Waals surface area contributed by atoms with Gasteiger partial charge < -0.3 is 4.74 Å². The molecule has 1 aliphatic heterocycles. The van der Waals surface area contributed by atoms with Crippen molar-refractivity contribution >= 4 is 29.3 Å². The van der Waals surface area contributed by atoms with Crippen LogP contribution < -0.4 is 0 Å². The first-order chi connectivity index (χ1) is 10.8. The fourth-order valence-electron chi connectivity index (χ4n) is 2.22. The average molecular weight is 326 g/mol. The van der Waals surface area contributed by atoms with E-state index < -0.39 is 5.97 Å². The van der Waals surface area contributed by atoms with Crippen molar-refractivity contribution in [3.8, 4) is 0 Å². The minimum absolute atomic E-state index is 0.0848. The van der Waals surface area contributed by atoms with Gasteiger partial charge in [-0.2, -0.15) is 0 Å². The molecule has 2 aromatic rings. The van der Waals surface area contributed by atoms with E-state index in [0.29, 0.717) is 11.6 Å². The third-order valence-corrected chi connectivity index (χ3v) is 4.55. The van der Waals surface area contributed by atoms with Gasteiger partial charge in [0.15, 0.2) is 5.70 Å². The molecule has 0 N–H and O–H groups in total. The molecule has 1 aliphatic rings. The first-order valence-corrected chi connectivity index (χ1v) is 8.26. The van der Waals surface area contributed by atoms with E-state index in [-0.39, 0.29) is 5.41 Å². The minimum atomic E-state index is -0.423. The maximum Gasteiger partial charge on any atom is 0.363 e. The Balaban J connectivity index is 1.90. The number of rotatable bonds is 2. The molecule has 0 unspecified atom stereocenters. The molecule has 4 nitrogen and oxygen atoms in total. The van der Waals surface area contributed by atoms with Crippen molar-refractivity contribution in [1.82, 2.24) is 4.98 Å². The summed E-state index contributed by atoms with van der Waals surface area (Å²) in [5, 5.41) is 0. The van der Waals surface area contributed by atoms with Gasteiger partial charge in [0.1, 0.15) is 0 Å². The van der Waals surface area contributed by atoms with Crippen LogP contribution in [0.2, 0.25) is 0 Å². The van der Waals surface area contributed by atoms with Crippen LogP contribution in [0.5, 0.6) is 0 Å². The maximum absolute atomic E-state index is 12.0. The van der Waals surface area contributed by atoms with Crippen molar-refractivity contribution in [2.75, 3.05) is 0 Å². The second kappa shape index (κ2) is 5.74. The standard InChI is InChI=1S/C18H18N2O2S/c1-11-15(23-10-19-11)9-14-17(21)22-16(20-14)12-5-7-13(8-6-12)18(2,3)4/h5-10H,1-4H3. The van der Waals surface area contributed by atoms with Crippen molar-refractivity contribution in [1.29, 1.82) is 0 Å². The Morgan fingerprint density at radius 2 is 1.87 bits per heavy atom. The number of aliphatic imine (C=N–C) groups is 1. The van der Waals surface area contributed by atoms with Gasteiger partial charge in [0.25, 0.3) is 0 Å². The Kier molecular flexibility index (Phi) is 3.90. The monoisotopic (exact) mass is 326 g/mol. The molecule has 1 aromatic heterocycles. The van der Waals surface area contributed by atoms with Crippen LogP contribution in [-0.4, -0.2) is 16.9 Å². The van der Waals surface area contributed by atoms with E-state index in [1.54, 1.807) is 11.6 Å². The molecule has 1 aromatic carbocycles. The summed E-state index contributed by atoms with van der Waals surface area (Å²) in [6.07, 6.45) is 1.73. The molecule has 0 spiro atoms. The highest BCUT2D eigenvalue weighted by Crippen LogP contribution is 2.25. The quantitative estimate of drug-likeness (QED) is 0.617. The molecular formula is C18H18N2O2S. The third-order valence-electron chi connectivity index (χ3n) is 3.67. The Hall–Kier alpha value is -2.27. The van der Waals surface area contributed by atoms with Crippen molar-refractivity contribution in [2.45, 2.75) is 33.1 Å². The molecule has 5 heteroatoms. The summed E-state index contributed by atoms with van der Waals surface area (Å²) in [7, 11) is 0. The fourth-order valence-corrected chi connectivity index (χ4v) is 2.95. The average Bonchev–Trinajstić information content (AvgIpc) is 3.06. The van der Waals surface area contributed by atoms with Gasteiger partial charge in [-0.1, -0.05) is 32.9 Å². The van der Waals surface area contributed by atoms with E-state index in [2.05, 4.69) is 30.7 Å². The SMILES string of the molecule is Cc1ncsc1C=C1N=C(c2ccc(C(C)(C)C)cc2)OC1=O. The Morgan fingerprint density at radius 3 is 2.43 bits per heavy atom. The summed E-state index contributed by atoms with van der Waals surface area (Å²) in [5.41, 5.74) is 5.05. The predicted octanol–water partition coefficient (Wildman–Crippen LogP) is 4.09. The van der Waals surface area contributed by atoms with E-state index in [1.165, 1.54) is 16.9 Å². The number of aromatic nitrogens is 1.